The Hall–Kier alpha value is -1.39. The minimum Gasteiger partial charge on any atom is -0.481 e. The maximum absolute atomic E-state index is 10.5. The molecule has 17 heavy (non-hydrogen) atoms. The van der Waals surface area contributed by atoms with Gasteiger partial charge < -0.3 is 15.5 Å². The SMILES string of the molecule is CCC(CO)NCc1ccc(CC(=O)O)cc1. The van der Waals surface area contributed by atoms with E-state index < -0.39 is 5.97 Å². The lowest BCUT2D eigenvalue weighted by Gasteiger charge is -2.13. The van der Waals surface area contributed by atoms with Crippen LogP contribution in [-0.4, -0.2) is 28.8 Å². The Morgan fingerprint density at radius 1 is 1.29 bits per heavy atom. The molecule has 4 nitrogen and oxygen atoms in total. The van der Waals surface area contributed by atoms with Gasteiger partial charge in [0.2, 0.25) is 0 Å². The third kappa shape index (κ3) is 4.97. The number of benzene rings is 1. The van der Waals surface area contributed by atoms with Crippen molar-refractivity contribution in [2.45, 2.75) is 32.4 Å². The van der Waals surface area contributed by atoms with Gasteiger partial charge in [0.1, 0.15) is 0 Å². The lowest BCUT2D eigenvalue weighted by atomic mass is 10.1. The molecule has 0 bridgehead atoms. The molecule has 0 saturated carbocycles. The summed E-state index contributed by atoms with van der Waals surface area (Å²) in [6.45, 7) is 2.84. The van der Waals surface area contributed by atoms with Gasteiger partial charge in [-0.05, 0) is 17.5 Å². The highest BCUT2D eigenvalue weighted by Crippen LogP contribution is 2.05. The van der Waals surface area contributed by atoms with Crippen LogP contribution >= 0.6 is 0 Å². The van der Waals surface area contributed by atoms with Gasteiger partial charge in [0.25, 0.3) is 0 Å². The van der Waals surface area contributed by atoms with Crippen LogP contribution in [0, 0.1) is 0 Å². The van der Waals surface area contributed by atoms with Crippen LogP contribution in [-0.2, 0) is 17.8 Å². The number of rotatable bonds is 7. The fourth-order valence-electron chi connectivity index (χ4n) is 1.55. The molecule has 0 fully saturated rings. The summed E-state index contributed by atoms with van der Waals surface area (Å²) in [4.78, 5) is 10.5. The van der Waals surface area contributed by atoms with Gasteiger partial charge in [0.05, 0.1) is 13.0 Å². The van der Waals surface area contributed by atoms with Crippen molar-refractivity contribution in [2.24, 2.45) is 0 Å². The summed E-state index contributed by atoms with van der Waals surface area (Å²) in [6, 6.07) is 7.59. The van der Waals surface area contributed by atoms with Crippen LogP contribution < -0.4 is 5.32 Å². The van der Waals surface area contributed by atoms with Crippen molar-refractivity contribution < 1.29 is 15.0 Å². The van der Waals surface area contributed by atoms with E-state index in [-0.39, 0.29) is 19.1 Å². The number of carboxylic acids is 1. The first-order valence-electron chi connectivity index (χ1n) is 5.79. The van der Waals surface area contributed by atoms with Gasteiger partial charge >= 0.3 is 5.97 Å². The fourth-order valence-corrected chi connectivity index (χ4v) is 1.55. The van der Waals surface area contributed by atoms with Crippen LogP contribution in [0.4, 0.5) is 0 Å². The molecule has 0 radical (unpaired) electrons. The normalized spacial score (nSPS) is 12.4. The summed E-state index contributed by atoms with van der Waals surface area (Å²) >= 11 is 0. The predicted octanol–water partition coefficient (Wildman–Crippen LogP) is 1.17. The van der Waals surface area contributed by atoms with E-state index in [4.69, 9.17) is 10.2 Å². The van der Waals surface area contributed by atoms with E-state index in [0.29, 0.717) is 6.54 Å². The number of aliphatic hydroxyl groups is 1. The summed E-state index contributed by atoms with van der Waals surface area (Å²) in [7, 11) is 0. The molecule has 3 N–H and O–H groups in total. The number of hydrogen-bond acceptors (Lipinski definition) is 3. The second kappa shape index (κ2) is 7.04. The van der Waals surface area contributed by atoms with Gasteiger partial charge in [-0.3, -0.25) is 4.79 Å². The van der Waals surface area contributed by atoms with Crippen LogP contribution in [0.3, 0.4) is 0 Å². The number of carbonyl (C=O) groups is 1. The molecular formula is C13H19NO3. The number of carboxylic acid groups (broad SMARTS) is 1. The van der Waals surface area contributed by atoms with Crippen LogP contribution in [0.25, 0.3) is 0 Å². The largest absolute Gasteiger partial charge is 0.481 e. The molecule has 1 rings (SSSR count). The molecule has 0 aliphatic heterocycles. The van der Waals surface area contributed by atoms with Crippen LogP contribution in [0.5, 0.6) is 0 Å². The molecule has 1 aromatic carbocycles. The molecule has 1 unspecified atom stereocenters. The Kier molecular flexibility index (Phi) is 5.66. The molecule has 94 valence electrons. The third-order valence-electron chi connectivity index (χ3n) is 2.69. The van der Waals surface area contributed by atoms with Crippen LogP contribution in [0.1, 0.15) is 24.5 Å². The summed E-state index contributed by atoms with van der Waals surface area (Å²) in [5.74, 6) is -0.817. The number of aliphatic hydroxyl groups excluding tert-OH is 1. The Morgan fingerprint density at radius 3 is 2.35 bits per heavy atom. The first-order chi connectivity index (χ1) is 8.15. The molecule has 0 aliphatic carbocycles. The van der Waals surface area contributed by atoms with E-state index in [0.717, 1.165) is 17.5 Å². The van der Waals surface area contributed by atoms with Gasteiger partial charge in [0.15, 0.2) is 0 Å². The zero-order valence-electron chi connectivity index (χ0n) is 10.0. The lowest BCUT2D eigenvalue weighted by molar-refractivity contribution is -0.136. The van der Waals surface area contributed by atoms with Gasteiger partial charge in [-0.2, -0.15) is 0 Å². The van der Waals surface area contributed by atoms with Crippen molar-refractivity contribution in [3.63, 3.8) is 0 Å². The van der Waals surface area contributed by atoms with Gasteiger partial charge in [0, 0.05) is 12.6 Å². The standard InChI is InChI=1S/C13H19NO3/c1-2-12(9-15)14-8-11-5-3-10(4-6-11)7-13(16)17/h3-6,12,14-15H,2,7-9H2,1H3,(H,16,17). The Balaban J connectivity index is 2.47. The number of aliphatic carboxylic acids is 1. The lowest BCUT2D eigenvalue weighted by Crippen LogP contribution is -2.31. The molecule has 1 aromatic rings. The highest BCUT2D eigenvalue weighted by atomic mass is 16.4. The molecule has 0 spiro atoms. The summed E-state index contributed by atoms with van der Waals surface area (Å²) in [5, 5.41) is 20.9. The molecule has 1 atom stereocenters. The summed E-state index contributed by atoms with van der Waals surface area (Å²) < 4.78 is 0. The van der Waals surface area contributed by atoms with Crippen molar-refractivity contribution >= 4 is 5.97 Å². The van der Waals surface area contributed by atoms with E-state index in [9.17, 15) is 4.79 Å². The second-order valence-electron chi connectivity index (χ2n) is 4.06. The van der Waals surface area contributed by atoms with Gasteiger partial charge in [-0.25, -0.2) is 0 Å². The minimum atomic E-state index is -0.817. The third-order valence-corrected chi connectivity index (χ3v) is 2.69. The highest BCUT2D eigenvalue weighted by Gasteiger charge is 2.04. The fraction of sp³-hybridized carbons (Fsp3) is 0.462. The van der Waals surface area contributed by atoms with E-state index in [2.05, 4.69) is 5.32 Å². The first kappa shape index (κ1) is 13.7. The van der Waals surface area contributed by atoms with Gasteiger partial charge in [-0.1, -0.05) is 31.2 Å². The van der Waals surface area contributed by atoms with E-state index >= 15 is 0 Å². The highest BCUT2D eigenvalue weighted by molar-refractivity contribution is 5.70. The zero-order chi connectivity index (χ0) is 12.7. The van der Waals surface area contributed by atoms with Crippen molar-refractivity contribution in [3.05, 3.63) is 35.4 Å². The van der Waals surface area contributed by atoms with Crippen molar-refractivity contribution in [3.8, 4) is 0 Å². The average Bonchev–Trinajstić information content (AvgIpc) is 2.32. The minimum absolute atomic E-state index is 0.0575. The summed E-state index contributed by atoms with van der Waals surface area (Å²) in [5.41, 5.74) is 1.89. The molecule has 0 aromatic heterocycles. The molecule has 0 heterocycles. The first-order valence-corrected chi connectivity index (χ1v) is 5.79. The van der Waals surface area contributed by atoms with E-state index in [1.54, 1.807) is 0 Å². The van der Waals surface area contributed by atoms with Crippen molar-refractivity contribution in [1.29, 1.82) is 0 Å². The predicted molar refractivity (Wildman–Crippen MR) is 65.8 cm³/mol. The van der Waals surface area contributed by atoms with Crippen LogP contribution in [0.15, 0.2) is 24.3 Å². The quantitative estimate of drug-likeness (QED) is 0.666. The smallest absolute Gasteiger partial charge is 0.307 e. The molecule has 0 saturated heterocycles. The van der Waals surface area contributed by atoms with Crippen molar-refractivity contribution in [2.75, 3.05) is 6.61 Å². The van der Waals surface area contributed by atoms with E-state index in [1.807, 2.05) is 31.2 Å². The Labute approximate surface area is 101 Å². The zero-order valence-corrected chi connectivity index (χ0v) is 10.0. The Morgan fingerprint density at radius 2 is 1.88 bits per heavy atom. The Bertz CT molecular complexity index is 344. The topological polar surface area (TPSA) is 69.6 Å². The monoisotopic (exact) mass is 237 g/mol. The van der Waals surface area contributed by atoms with Crippen molar-refractivity contribution in [1.82, 2.24) is 5.32 Å². The maximum Gasteiger partial charge on any atom is 0.307 e. The molecule has 4 heteroatoms. The molecule has 0 amide bonds. The maximum atomic E-state index is 10.5. The van der Waals surface area contributed by atoms with Gasteiger partial charge in [-0.15, -0.1) is 0 Å². The average molecular weight is 237 g/mol. The summed E-state index contributed by atoms with van der Waals surface area (Å²) in [6.07, 6.45) is 0.940. The second-order valence-corrected chi connectivity index (χ2v) is 4.06. The number of nitrogens with one attached hydrogen (secondary N) is 1. The molecule has 0 aliphatic rings. The molecular weight excluding hydrogens is 218 g/mol. The van der Waals surface area contributed by atoms with Crippen LogP contribution in [0.2, 0.25) is 0 Å². The number of hydrogen-bond donors (Lipinski definition) is 3. The van der Waals surface area contributed by atoms with E-state index in [1.165, 1.54) is 0 Å².